The van der Waals surface area contributed by atoms with E-state index in [1.54, 1.807) is 5.56 Å². The van der Waals surface area contributed by atoms with Gasteiger partial charge in [0, 0.05) is 6.04 Å². The normalized spacial score (nSPS) is 33.3. The van der Waals surface area contributed by atoms with Crippen LogP contribution in [0.25, 0.3) is 5.57 Å². The summed E-state index contributed by atoms with van der Waals surface area (Å²) in [4.78, 5) is 2.78. The second-order valence-electron chi connectivity index (χ2n) is 7.42. The highest BCUT2D eigenvalue weighted by atomic mass is 15.2. The van der Waals surface area contributed by atoms with E-state index in [4.69, 9.17) is 0 Å². The molecule has 1 heterocycles. The molecule has 0 radical (unpaired) electrons. The molecule has 1 saturated carbocycles. The van der Waals surface area contributed by atoms with E-state index < -0.39 is 0 Å². The monoisotopic (exact) mass is 281 g/mol. The summed E-state index contributed by atoms with van der Waals surface area (Å²) in [5, 5.41) is 0. The Morgan fingerprint density at radius 3 is 2.43 bits per heavy atom. The molecule has 2 fully saturated rings. The Morgan fingerprint density at radius 2 is 1.71 bits per heavy atom. The molecule has 1 nitrogen and oxygen atoms in total. The van der Waals surface area contributed by atoms with E-state index in [0.717, 1.165) is 6.04 Å². The van der Waals surface area contributed by atoms with Crippen molar-refractivity contribution in [3.8, 4) is 0 Å². The van der Waals surface area contributed by atoms with Crippen LogP contribution in [-0.4, -0.2) is 24.0 Å². The predicted octanol–water partition coefficient (Wildman–Crippen LogP) is 4.67. The standard InChI is InChI=1S/C20H27N/c1-16-19-8-4-3-7-17(19)15-20(16)11-9-18(10-12-20)21-13-5-2-6-14-21/h3-4,7-8,18H,1-2,5-6,9-15H2. The molecule has 4 rings (SSSR count). The summed E-state index contributed by atoms with van der Waals surface area (Å²) in [5.41, 5.74) is 4.83. The van der Waals surface area contributed by atoms with Gasteiger partial charge in [0.2, 0.25) is 0 Å². The lowest BCUT2D eigenvalue weighted by molar-refractivity contribution is 0.0996. The summed E-state index contributed by atoms with van der Waals surface area (Å²) in [6.07, 6.45) is 11.0. The molecule has 1 saturated heterocycles. The summed E-state index contributed by atoms with van der Waals surface area (Å²) in [5.74, 6) is 0. The Balaban J connectivity index is 1.47. The minimum atomic E-state index is 0.399. The molecular weight excluding hydrogens is 254 g/mol. The number of nitrogens with zero attached hydrogens (tertiary/aromatic N) is 1. The van der Waals surface area contributed by atoms with Crippen molar-refractivity contribution in [1.29, 1.82) is 0 Å². The largest absolute Gasteiger partial charge is 0.300 e. The molecular formula is C20H27N. The van der Waals surface area contributed by atoms with E-state index in [-0.39, 0.29) is 0 Å². The molecule has 0 atom stereocenters. The van der Waals surface area contributed by atoms with Gasteiger partial charge in [-0.2, -0.15) is 0 Å². The molecule has 0 amide bonds. The van der Waals surface area contributed by atoms with Gasteiger partial charge < -0.3 is 4.90 Å². The van der Waals surface area contributed by atoms with E-state index in [0.29, 0.717) is 5.41 Å². The van der Waals surface area contributed by atoms with Crippen molar-refractivity contribution in [3.63, 3.8) is 0 Å². The van der Waals surface area contributed by atoms with Crippen LogP contribution in [0.1, 0.15) is 56.1 Å². The first kappa shape index (κ1) is 13.6. The van der Waals surface area contributed by atoms with Crippen LogP contribution in [0.15, 0.2) is 30.8 Å². The zero-order valence-electron chi connectivity index (χ0n) is 13.1. The molecule has 1 aromatic carbocycles. The number of fused-ring (bicyclic) bond motifs is 1. The van der Waals surface area contributed by atoms with E-state index in [9.17, 15) is 0 Å². The van der Waals surface area contributed by atoms with Gasteiger partial charge in [-0.1, -0.05) is 37.3 Å². The lowest BCUT2D eigenvalue weighted by atomic mass is 9.68. The molecule has 1 spiro atoms. The van der Waals surface area contributed by atoms with E-state index in [1.165, 1.54) is 75.6 Å². The van der Waals surface area contributed by atoms with Gasteiger partial charge in [0.1, 0.15) is 0 Å². The van der Waals surface area contributed by atoms with Crippen molar-refractivity contribution in [2.24, 2.45) is 5.41 Å². The maximum Gasteiger partial charge on any atom is 0.00958 e. The second-order valence-corrected chi connectivity index (χ2v) is 7.42. The van der Waals surface area contributed by atoms with Gasteiger partial charge in [-0.3, -0.25) is 0 Å². The van der Waals surface area contributed by atoms with Crippen LogP contribution >= 0.6 is 0 Å². The Hall–Kier alpha value is -1.08. The third-order valence-electron chi connectivity index (χ3n) is 6.33. The zero-order valence-corrected chi connectivity index (χ0v) is 13.1. The predicted molar refractivity (Wildman–Crippen MR) is 89.3 cm³/mol. The summed E-state index contributed by atoms with van der Waals surface area (Å²) in [7, 11) is 0. The summed E-state index contributed by atoms with van der Waals surface area (Å²) in [6, 6.07) is 9.80. The number of rotatable bonds is 1. The second kappa shape index (κ2) is 5.28. The first-order chi connectivity index (χ1) is 10.3. The number of hydrogen-bond acceptors (Lipinski definition) is 1. The Kier molecular flexibility index (Phi) is 3.41. The summed E-state index contributed by atoms with van der Waals surface area (Å²) in [6.45, 7) is 7.19. The summed E-state index contributed by atoms with van der Waals surface area (Å²) < 4.78 is 0. The van der Waals surface area contributed by atoms with Crippen molar-refractivity contribution in [2.75, 3.05) is 13.1 Å². The molecule has 0 bridgehead atoms. The maximum absolute atomic E-state index is 4.50. The molecule has 1 aromatic rings. The molecule has 2 aliphatic carbocycles. The van der Waals surface area contributed by atoms with E-state index in [1.807, 2.05) is 0 Å². The fourth-order valence-electron chi connectivity index (χ4n) is 5.01. The number of allylic oxidation sites excluding steroid dienone is 1. The van der Waals surface area contributed by atoms with Crippen molar-refractivity contribution in [1.82, 2.24) is 4.90 Å². The van der Waals surface area contributed by atoms with Crippen molar-refractivity contribution >= 4 is 5.57 Å². The first-order valence-electron chi connectivity index (χ1n) is 8.80. The van der Waals surface area contributed by atoms with Crippen molar-refractivity contribution < 1.29 is 0 Å². The zero-order chi connectivity index (χ0) is 14.3. The third-order valence-corrected chi connectivity index (χ3v) is 6.33. The van der Waals surface area contributed by atoms with Crippen molar-refractivity contribution in [3.05, 3.63) is 42.0 Å². The average Bonchev–Trinajstić information content (AvgIpc) is 2.82. The van der Waals surface area contributed by atoms with E-state index >= 15 is 0 Å². The fraction of sp³-hybridized carbons (Fsp3) is 0.600. The van der Waals surface area contributed by atoms with Crippen LogP contribution in [0.3, 0.4) is 0 Å². The van der Waals surface area contributed by atoms with Gasteiger partial charge in [0.15, 0.2) is 0 Å². The molecule has 1 heteroatoms. The lowest BCUT2D eigenvalue weighted by Gasteiger charge is -2.43. The molecule has 1 aliphatic heterocycles. The minimum Gasteiger partial charge on any atom is -0.300 e. The molecule has 3 aliphatic rings. The number of likely N-dealkylation sites (tertiary alicyclic amines) is 1. The van der Waals surface area contributed by atoms with Crippen LogP contribution < -0.4 is 0 Å². The highest BCUT2D eigenvalue weighted by molar-refractivity contribution is 5.75. The Morgan fingerprint density at radius 1 is 1.00 bits per heavy atom. The van der Waals surface area contributed by atoms with E-state index in [2.05, 4.69) is 35.7 Å². The summed E-state index contributed by atoms with van der Waals surface area (Å²) >= 11 is 0. The van der Waals surface area contributed by atoms with Crippen LogP contribution in [0.2, 0.25) is 0 Å². The highest BCUT2D eigenvalue weighted by Crippen LogP contribution is 2.54. The van der Waals surface area contributed by atoms with Gasteiger partial charge in [-0.05, 0) is 80.2 Å². The lowest BCUT2D eigenvalue weighted by Crippen LogP contribution is -2.43. The fourth-order valence-corrected chi connectivity index (χ4v) is 5.01. The first-order valence-corrected chi connectivity index (χ1v) is 8.80. The molecule has 0 unspecified atom stereocenters. The molecule has 0 N–H and O–H groups in total. The van der Waals surface area contributed by atoms with Crippen molar-refractivity contribution in [2.45, 2.75) is 57.4 Å². The highest BCUT2D eigenvalue weighted by Gasteiger charge is 2.43. The van der Waals surface area contributed by atoms with Crippen LogP contribution in [0, 0.1) is 5.41 Å². The van der Waals surface area contributed by atoms with Gasteiger partial charge in [0.25, 0.3) is 0 Å². The van der Waals surface area contributed by atoms with Gasteiger partial charge in [-0.15, -0.1) is 0 Å². The number of benzene rings is 1. The Bertz CT molecular complexity index is 531. The Labute approximate surface area is 129 Å². The average molecular weight is 281 g/mol. The number of piperidine rings is 1. The molecule has 21 heavy (non-hydrogen) atoms. The van der Waals surface area contributed by atoms with Gasteiger partial charge >= 0.3 is 0 Å². The maximum atomic E-state index is 4.50. The van der Waals surface area contributed by atoms with Gasteiger partial charge in [0.05, 0.1) is 0 Å². The number of hydrogen-bond donors (Lipinski definition) is 0. The van der Waals surface area contributed by atoms with Crippen LogP contribution in [0.4, 0.5) is 0 Å². The smallest absolute Gasteiger partial charge is 0.00958 e. The topological polar surface area (TPSA) is 3.24 Å². The SMILES string of the molecule is C=C1c2ccccc2CC12CCC(N1CCCCC1)CC2. The molecule has 112 valence electrons. The minimum absolute atomic E-state index is 0.399. The molecule has 0 aromatic heterocycles. The van der Waals surface area contributed by atoms with Gasteiger partial charge in [-0.25, -0.2) is 0 Å². The van der Waals surface area contributed by atoms with Crippen LogP contribution in [0.5, 0.6) is 0 Å². The quantitative estimate of drug-likeness (QED) is 0.723. The third kappa shape index (κ3) is 2.26. The van der Waals surface area contributed by atoms with Crippen LogP contribution in [-0.2, 0) is 6.42 Å².